The van der Waals surface area contributed by atoms with Crippen LogP contribution in [0.15, 0.2) is 36.5 Å². The van der Waals surface area contributed by atoms with E-state index in [1.54, 1.807) is 0 Å². The van der Waals surface area contributed by atoms with Crippen LogP contribution in [-0.4, -0.2) is 37.2 Å². The standard InChI is InChI=1S/C77H144O6/c1-4-7-10-13-16-19-22-25-28-31-32-33-34-35-36-37-38-39-40-41-42-43-44-47-49-52-55-58-61-64-67-70-76(79)82-73-74(83-77(80)71-68-65-62-59-56-53-50-46-30-27-24-21-18-15-12-9-6-3)72-81-75(78)69-66-63-60-57-54-51-48-45-29-26-23-20-17-14-11-8-5-2/h22,25,31-32,34-35,74H,4-21,23-24,26-30,33,36-73H2,1-3H3/b25-22-,32-31-,35-34-. The van der Waals surface area contributed by atoms with Crippen LogP contribution in [0.2, 0.25) is 0 Å². The molecule has 0 spiro atoms. The smallest absolute Gasteiger partial charge is 0.306 e. The average molecular weight is 1170 g/mol. The summed E-state index contributed by atoms with van der Waals surface area (Å²) in [6, 6.07) is 0. The Labute approximate surface area is 518 Å². The Morgan fingerprint density at radius 1 is 0.241 bits per heavy atom. The summed E-state index contributed by atoms with van der Waals surface area (Å²) >= 11 is 0. The lowest BCUT2D eigenvalue weighted by Crippen LogP contribution is -2.30. The quantitative estimate of drug-likeness (QED) is 0.0261. The maximum atomic E-state index is 13.0. The van der Waals surface area contributed by atoms with Gasteiger partial charge in [0.2, 0.25) is 0 Å². The molecule has 0 amide bonds. The van der Waals surface area contributed by atoms with Gasteiger partial charge in [0, 0.05) is 19.3 Å². The second-order valence-corrected chi connectivity index (χ2v) is 25.6. The van der Waals surface area contributed by atoms with Crippen LogP contribution in [0, 0.1) is 0 Å². The summed E-state index contributed by atoms with van der Waals surface area (Å²) in [4.78, 5) is 38.5. The molecule has 0 aliphatic carbocycles. The first kappa shape index (κ1) is 80.6. The Balaban J connectivity index is 4.19. The van der Waals surface area contributed by atoms with Gasteiger partial charge in [0.1, 0.15) is 13.2 Å². The van der Waals surface area contributed by atoms with Crippen molar-refractivity contribution in [2.24, 2.45) is 0 Å². The van der Waals surface area contributed by atoms with Gasteiger partial charge in [0.15, 0.2) is 6.10 Å². The molecule has 0 radical (unpaired) electrons. The van der Waals surface area contributed by atoms with E-state index < -0.39 is 6.10 Å². The van der Waals surface area contributed by atoms with E-state index in [-0.39, 0.29) is 31.1 Å². The molecule has 83 heavy (non-hydrogen) atoms. The molecule has 0 aromatic rings. The Hall–Kier alpha value is -2.37. The van der Waals surface area contributed by atoms with E-state index in [2.05, 4.69) is 57.2 Å². The van der Waals surface area contributed by atoms with Crippen molar-refractivity contribution in [2.75, 3.05) is 13.2 Å². The van der Waals surface area contributed by atoms with Crippen LogP contribution in [0.25, 0.3) is 0 Å². The van der Waals surface area contributed by atoms with Crippen LogP contribution >= 0.6 is 0 Å². The summed E-state index contributed by atoms with van der Waals surface area (Å²) < 4.78 is 17.0. The molecule has 0 aliphatic heterocycles. The molecule has 0 fully saturated rings. The van der Waals surface area contributed by atoms with Gasteiger partial charge >= 0.3 is 17.9 Å². The highest BCUT2D eigenvalue weighted by atomic mass is 16.6. The number of ether oxygens (including phenoxy) is 3. The summed E-state index contributed by atoms with van der Waals surface area (Å²) in [5, 5.41) is 0. The van der Waals surface area contributed by atoms with Crippen LogP contribution < -0.4 is 0 Å². The summed E-state index contributed by atoms with van der Waals surface area (Å²) in [6.45, 7) is 6.72. The lowest BCUT2D eigenvalue weighted by Gasteiger charge is -2.18. The van der Waals surface area contributed by atoms with E-state index in [0.29, 0.717) is 19.3 Å². The van der Waals surface area contributed by atoms with Crippen molar-refractivity contribution in [3.63, 3.8) is 0 Å². The number of unbranched alkanes of at least 4 members (excludes halogenated alkanes) is 53. The molecule has 1 atom stereocenters. The third-order valence-electron chi connectivity index (χ3n) is 17.1. The minimum absolute atomic E-state index is 0.0641. The molecule has 6 nitrogen and oxygen atoms in total. The molecule has 1 unspecified atom stereocenters. The van der Waals surface area contributed by atoms with Crippen LogP contribution in [0.1, 0.15) is 419 Å². The van der Waals surface area contributed by atoms with Gasteiger partial charge in [-0.15, -0.1) is 0 Å². The van der Waals surface area contributed by atoms with Crippen LogP contribution in [-0.2, 0) is 28.6 Å². The van der Waals surface area contributed by atoms with Crippen molar-refractivity contribution >= 4 is 17.9 Å². The van der Waals surface area contributed by atoms with Crippen molar-refractivity contribution in [2.45, 2.75) is 425 Å². The number of hydrogen-bond donors (Lipinski definition) is 0. The molecule has 0 aliphatic rings. The molecule has 6 heteroatoms. The number of allylic oxidation sites excluding steroid dienone is 6. The molecule has 0 bridgehead atoms. The van der Waals surface area contributed by atoms with Gasteiger partial charge in [0.25, 0.3) is 0 Å². The Kier molecular flexibility index (Phi) is 70.0. The molecule has 0 saturated heterocycles. The zero-order chi connectivity index (χ0) is 59.9. The molecule has 0 heterocycles. The second kappa shape index (κ2) is 72.1. The first-order valence-electron chi connectivity index (χ1n) is 37.5. The van der Waals surface area contributed by atoms with Gasteiger partial charge in [0.05, 0.1) is 0 Å². The SMILES string of the molecule is CCCCCCC/C=C\C/C=C\C/C=C\CCCCCCCCCCCCCCCCCCC(=O)OCC(COC(=O)CCCCCCCCCCCCCCCCCCC)OC(=O)CCCCCCCCCCCCCCCCCCC. The van der Waals surface area contributed by atoms with E-state index in [1.807, 2.05) is 0 Å². The van der Waals surface area contributed by atoms with Crippen molar-refractivity contribution < 1.29 is 28.6 Å². The van der Waals surface area contributed by atoms with Gasteiger partial charge in [-0.25, -0.2) is 0 Å². The van der Waals surface area contributed by atoms with Gasteiger partial charge in [-0.3, -0.25) is 14.4 Å². The highest BCUT2D eigenvalue weighted by Crippen LogP contribution is 2.19. The van der Waals surface area contributed by atoms with Crippen LogP contribution in [0.4, 0.5) is 0 Å². The number of carbonyl (C=O) groups is 3. The van der Waals surface area contributed by atoms with E-state index in [4.69, 9.17) is 14.2 Å². The zero-order valence-electron chi connectivity index (χ0n) is 56.2. The van der Waals surface area contributed by atoms with E-state index in [0.717, 1.165) is 70.6 Å². The minimum Gasteiger partial charge on any atom is -0.462 e. The predicted octanol–water partition coefficient (Wildman–Crippen LogP) is 25.9. The van der Waals surface area contributed by atoms with Crippen molar-refractivity contribution in [3.05, 3.63) is 36.5 Å². The Morgan fingerprint density at radius 3 is 0.675 bits per heavy atom. The van der Waals surface area contributed by atoms with Gasteiger partial charge in [-0.1, -0.05) is 378 Å². The van der Waals surface area contributed by atoms with Crippen molar-refractivity contribution in [1.29, 1.82) is 0 Å². The van der Waals surface area contributed by atoms with Crippen molar-refractivity contribution in [3.8, 4) is 0 Å². The average Bonchev–Trinajstić information content (AvgIpc) is 3.49. The third kappa shape index (κ3) is 70.3. The van der Waals surface area contributed by atoms with Crippen LogP contribution in [0.5, 0.6) is 0 Å². The van der Waals surface area contributed by atoms with Crippen LogP contribution in [0.3, 0.4) is 0 Å². The summed E-state index contributed by atoms with van der Waals surface area (Å²) in [6.07, 6.45) is 90.4. The molecule has 0 N–H and O–H groups in total. The second-order valence-electron chi connectivity index (χ2n) is 25.6. The molecular weight excluding hydrogens is 1020 g/mol. The first-order chi connectivity index (χ1) is 41.0. The number of hydrogen-bond acceptors (Lipinski definition) is 6. The fourth-order valence-electron chi connectivity index (χ4n) is 11.5. The molecule has 0 aromatic heterocycles. The summed E-state index contributed by atoms with van der Waals surface area (Å²) in [7, 11) is 0. The van der Waals surface area contributed by atoms with Crippen molar-refractivity contribution in [1.82, 2.24) is 0 Å². The number of esters is 3. The molecule has 488 valence electrons. The molecule has 0 aromatic carbocycles. The summed E-state index contributed by atoms with van der Waals surface area (Å²) in [5.74, 6) is -0.828. The van der Waals surface area contributed by atoms with E-state index in [9.17, 15) is 14.4 Å². The van der Waals surface area contributed by atoms with Gasteiger partial charge in [-0.05, 0) is 57.8 Å². The third-order valence-corrected chi connectivity index (χ3v) is 17.1. The van der Waals surface area contributed by atoms with E-state index in [1.165, 1.54) is 308 Å². The monoisotopic (exact) mass is 1170 g/mol. The maximum absolute atomic E-state index is 13.0. The fraction of sp³-hybridized carbons (Fsp3) is 0.883. The lowest BCUT2D eigenvalue weighted by molar-refractivity contribution is -0.167. The molecule has 0 rings (SSSR count). The topological polar surface area (TPSA) is 78.9 Å². The highest BCUT2D eigenvalue weighted by Gasteiger charge is 2.20. The highest BCUT2D eigenvalue weighted by molar-refractivity contribution is 5.71. The Bertz CT molecular complexity index is 1380. The van der Waals surface area contributed by atoms with Gasteiger partial charge in [-0.2, -0.15) is 0 Å². The predicted molar refractivity (Wildman–Crippen MR) is 362 cm³/mol. The summed E-state index contributed by atoms with van der Waals surface area (Å²) in [5.41, 5.74) is 0. The molecule has 0 saturated carbocycles. The normalized spacial score (nSPS) is 12.2. The Morgan fingerprint density at radius 2 is 0.434 bits per heavy atom. The van der Waals surface area contributed by atoms with E-state index >= 15 is 0 Å². The fourth-order valence-corrected chi connectivity index (χ4v) is 11.5. The maximum Gasteiger partial charge on any atom is 0.306 e. The first-order valence-corrected chi connectivity index (χ1v) is 37.5. The minimum atomic E-state index is -0.768. The number of rotatable bonds is 70. The largest absolute Gasteiger partial charge is 0.462 e. The lowest BCUT2D eigenvalue weighted by atomic mass is 10.0. The van der Waals surface area contributed by atoms with Gasteiger partial charge < -0.3 is 14.2 Å². The zero-order valence-corrected chi connectivity index (χ0v) is 56.2. The molecular formula is C77H144O6. The number of carbonyl (C=O) groups excluding carboxylic acids is 3.